The molecule has 1 heterocycles. The van der Waals surface area contributed by atoms with E-state index in [4.69, 9.17) is 5.73 Å². The summed E-state index contributed by atoms with van der Waals surface area (Å²) in [4.78, 5) is 24.6. The van der Waals surface area contributed by atoms with Crippen LogP contribution in [-0.2, 0) is 0 Å². The summed E-state index contributed by atoms with van der Waals surface area (Å²) < 4.78 is 0. The molecule has 2 aromatic rings. The molecule has 0 saturated carbocycles. The van der Waals surface area contributed by atoms with E-state index in [0.717, 1.165) is 16.7 Å². The Bertz CT molecular complexity index is 731. The van der Waals surface area contributed by atoms with Crippen molar-refractivity contribution in [3.63, 3.8) is 0 Å². The average Bonchev–Trinajstić information content (AvgIpc) is 2.75. The highest BCUT2D eigenvalue weighted by molar-refractivity contribution is 7.18. The lowest BCUT2D eigenvalue weighted by Gasteiger charge is -2.07. The van der Waals surface area contributed by atoms with Crippen LogP contribution in [0.5, 0.6) is 0 Å². The third kappa shape index (κ3) is 2.75. The predicted molar refractivity (Wildman–Crippen MR) is 83.9 cm³/mol. The van der Waals surface area contributed by atoms with Gasteiger partial charge in [0.1, 0.15) is 6.61 Å². The van der Waals surface area contributed by atoms with Crippen molar-refractivity contribution in [3.05, 3.63) is 45.3 Å². The van der Waals surface area contributed by atoms with Crippen LogP contribution in [0.4, 0.5) is 0 Å². The number of thiophene rings is 1. The standard InChI is InChI=1S/C16H17NO3S/c1-8-4-5-11(9(2)6-8)15-13(12(19)7-18)10(3)14(21-15)16(17)20/h4-6,18H,7H2,1-3H3,(H2,17,20). The van der Waals surface area contributed by atoms with E-state index in [1.807, 2.05) is 32.0 Å². The van der Waals surface area contributed by atoms with Crippen LogP contribution in [0, 0.1) is 20.8 Å². The van der Waals surface area contributed by atoms with E-state index in [1.165, 1.54) is 11.3 Å². The van der Waals surface area contributed by atoms with Gasteiger partial charge in [0.25, 0.3) is 5.91 Å². The molecule has 1 aromatic heterocycles. The summed E-state index contributed by atoms with van der Waals surface area (Å²) in [5.41, 5.74) is 9.33. The first-order chi connectivity index (χ1) is 9.86. The molecule has 3 N–H and O–H groups in total. The summed E-state index contributed by atoms with van der Waals surface area (Å²) in [7, 11) is 0. The number of primary amides is 1. The summed E-state index contributed by atoms with van der Waals surface area (Å²) in [6.45, 7) is 5.04. The maximum atomic E-state index is 12.0. The minimum atomic E-state index is -0.590. The minimum Gasteiger partial charge on any atom is -0.388 e. The van der Waals surface area contributed by atoms with Gasteiger partial charge in [-0.05, 0) is 37.5 Å². The number of aliphatic hydroxyl groups is 1. The number of Topliss-reactive ketones (excluding diaryl/α,β-unsaturated/α-hetero) is 1. The molecule has 5 heteroatoms. The smallest absolute Gasteiger partial charge is 0.259 e. The highest BCUT2D eigenvalue weighted by Gasteiger charge is 2.24. The first kappa shape index (κ1) is 15.4. The number of carbonyl (C=O) groups is 2. The molecule has 0 saturated heterocycles. The fraction of sp³-hybridized carbons (Fsp3) is 0.250. The van der Waals surface area contributed by atoms with Crippen molar-refractivity contribution in [2.75, 3.05) is 6.61 Å². The van der Waals surface area contributed by atoms with E-state index < -0.39 is 18.3 Å². The van der Waals surface area contributed by atoms with Crippen molar-refractivity contribution in [1.82, 2.24) is 0 Å². The van der Waals surface area contributed by atoms with Crippen LogP contribution in [0.25, 0.3) is 10.4 Å². The van der Waals surface area contributed by atoms with Gasteiger partial charge in [0.15, 0.2) is 5.78 Å². The fourth-order valence-corrected chi connectivity index (χ4v) is 3.69. The lowest BCUT2D eigenvalue weighted by molar-refractivity contribution is 0.0904. The van der Waals surface area contributed by atoms with Crippen molar-refractivity contribution in [3.8, 4) is 10.4 Å². The van der Waals surface area contributed by atoms with Crippen LogP contribution in [0.3, 0.4) is 0 Å². The predicted octanol–water partition coefficient (Wildman–Crippen LogP) is 2.61. The van der Waals surface area contributed by atoms with Gasteiger partial charge >= 0.3 is 0 Å². The highest BCUT2D eigenvalue weighted by atomic mass is 32.1. The molecular formula is C16H17NO3S. The van der Waals surface area contributed by atoms with E-state index in [1.54, 1.807) is 6.92 Å². The van der Waals surface area contributed by atoms with E-state index >= 15 is 0 Å². The van der Waals surface area contributed by atoms with Crippen LogP contribution in [0.15, 0.2) is 18.2 Å². The third-order valence-corrected chi connectivity index (χ3v) is 4.76. The second kappa shape index (κ2) is 5.79. The number of nitrogens with two attached hydrogens (primary N) is 1. The normalized spacial score (nSPS) is 10.7. The van der Waals surface area contributed by atoms with Crippen molar-refractivity contribution in [2.24, 2.45) is 5.73 Å². The minimum absolute atomic E-state index is 0.363. The SMILES string of the molecule is Cc1ccc(-c2sc(C(N)=O)c(C)c2C(=O)CO)c(C)c1. The lowest BCUT2D eigenvalue weighted by atomic mass is 9.98. The van der Waals surface area contributed by atoms with Crippen LogP contribution in [0.2, 0.25) is 0 Å². The van der Waals surface area contributed by atoms with Crippen molar-refractivity contribution in [1.29, 1.82) is 0 Å². The van der Waals surface area contributed by atoms with Crippen molar-refractivity contribution < 1.29 is 14.7 Å². The molecule has 0 spiro atoms. The van der Waals surface area contributed by atoms with Gasteiger partial charge in [0, 0.05) is 10.4 Å². The molecule has 1 amide bonds. The molecule has 1 aromatic carbocycles. The number of carbonyl (C=O) groups excluding carboxylic acids is 2. The number of ketones is 1. The number of hydrogen-bond acceptors (Lipinski definition) is 4. The van der Waals surface area contributed by atoms with E-state index in [0.29, 0.717) is 20.9 Å². The number of benzene rings is 1. The molecule has 0 atom stereocenters. The lowest BCUT2D eigenvalue weighted by Crippen LogP contribution is -2.12. The first-order valence-corrected chi connectivity index (χ1v) is 7.33. The summed E-state index contributed by atoms with van der Waals surface area (Å²) in [5.74, 6) is -0.952. The number of hydrogen-bond donors (Lipinski definition) is 2. The molecule has 0 aliphatic rings. The molecule has 0 bridgehead atoms. The zero-order chi connectivity index (χ0) is 15.7. The van der Waals surface area contributed by atoms with Gasteiger partial charge in [-0.15, -0.1) is 11.3 Å². The molecule has 4 nitrogen and oxygen atoms in total. The van der Waals surface area contributed by atoms with Gasteiger partial charge < -0.3 is 10.8 Å². The maximum absolute atomic E-state index is 12.0. The summed E-state index contributed by atoms with van der Waals surface area (Å²) >= 11 is 1.20. The third-order valence-electron chi connectivity index (χ3n) is 3.42. The summed E-state index contributed by atoms with van der Waals surface area (Å²) in [6, 6.07) is 5.89. The van der Waals surface area contributed by atoms with Crippen molar-refractivity contribution in [2.45, 2.75) is 20.8 Å². The summed E-state index contributed by atoms with van der Waals surface area (Å²) in [6.07, 6.45) is 0. The molecule has 2 rings (SSSR count). The monoisotopic (exact) mass is 303 g/mol. The number of rotatable bonds is 4. The van der Waals surface area contributed by atoms with Crippen molar-refractivity contribution >= 4 is 23.0 Å². The topological polar surface area (TPSA) is 80.4 Å². The number of aliphatic hydroxyl groups excluding tert-OH is 1. The molecule has 0 aliphatic carbocycles. The highest BCUT2D eigenvalue weighted by Crippen LogP contribution is 2.38. The number of aryl methyl sites for hydroxylation is 2. The molecule has 0 radical (unpaired) electrons. The summed E-state index contributed by atoms with van der Waals surface area (Å²) in [5, 5.41) is 9.18. The Labute approximate surface area is 127 Å². The quantitative estimate of drug-likeness (QED) is 0.852. The molecule has 110 valence electrons. The van der Waals surface area contributed by atoms with Crippen LogP contribution < -0.4 is 5.73 Å². The van der Waals surface area contributed by atoms with Gasteiger partial charge in [-0.3, -0.25) is 9.59 Å². The molecule has 0 fully saturated rings. The van der Waals surface area contributed by atoms with E-state index in [2.05, 4.69) is 0 Å². The molecule has 21 heavy (non-hydrogen) atoms. The zero-order valence-corrected chi connectivity index (χ0v) is 13.0. The Balaban J connectivity index is 2.75. The molecular weight excluding hydrogens is 286 g/mol. The molecule has 0 aliphatic heterocycles. The first-order valence-electron chi connectivity index (χ1n) is 6.51. The van der Waals surface area contributed by atoms with Gasteiger partial charge in [-0.25, -0.2) is 0 Å². The Morgan fingerprint density at radius 3 is 2.43 bits per heavy atom. The second-order valence-corrected chi connectivity index (χ2v) is 6.04. The van der Waals surface area contributed by atoms with Gasteiger partial charge in [-0.1, -0.05) is 23.8 Å². The molecule has 0 unspecified atom stereocenters. The van der Waals surface area contributed by atoms with Crippen LogP contribution >= 0.6 is 11.3 Å². The van der Waals surface area contributed by atoms with Gasteiger partial charge in [-0.2, -0.15) is 0 Å². The maximum Gasteiger partial charge on any atom is 0.259 e. The van der Waals surface area contributed by atoms with E-state index in [9.17, 15) is 14.7 Å². The average molecular weight is 303 g/mol. The van der Waals surface area contributed by atoms with Gasteiger partial charge in [0.2, 0.25) is 0 Å². The Kier molecular flexibility index (Phi) is 4.25. The van der Waals surface area contributed by atoms with E-state index in [-0.39, 0.29) is 0 Å². The fourth-order valence-electron chi connectivity index (χ4n) is 2.42. The largest absolute Gasteiger partial charge is 0.388 e. The Morgan fingerprint density at radius 2 is 1.90 bits per heavy atom. The number of amides is 1. The Hall–Kier alpha value is -1.98. The van der Waals surface area contributed by atoms with Gasteiger partial charge in [0.05, 0.1) is 4.88 Å². The van der Waals surface area contributed by atoms with Crippen LogP contribution in [-0.4, -0.2) is 23.4 Å². The Morgan fingerprint density at radius 1 is 1.24 bits per heavy atom. The van der Waals surface area contributed by atoms with Crippen LogP contribution in [0.1, 0.15) is 36.7 Å². The second-order valence-electron chi connectivity index (χ2n) is 5.02. The zero-order valence-electron chi connectivity index (χ0n) is 12.2.